The fraction of sp³-hybridized carbons (Fsp3) is 0.818. The van der Waals surface area contributed by atoms with Crippen molar-refractivity contribution in [3.05, 3.63) is 12.2 Å². The Morgan fingerprint density at radius 3 is 2.00 bits per heavy atom. The largest absolute Gasteiger partial charge is 0.393 e. The highest BCUT2D eigenvalue weighted by Gasteiger charge is 2.02. The molecule has 1 N–H and O–H groups in total. The summed E-state index contributed by atoms with van der Waals surface area (Å²) in [4.78, 5) is 0. The molecule has 0 amide bonds. The quantitative estimate of drug-likeness (QED) is 0.629. The van der Waals surface area contributed by atoms with Crippen LogP contribution in [0, 0.1) is 11.8 Å². The van der Waals surface area contributed by atoms with Crippen LogP contribution in [0.15, 0.2) is 12.2 Å². The second-order valence-corrected chi connectivity index (χ2v) is 3.83. The minimum Gasteiger partial charge on any atom is -0.393 e. The number of aliphatic hydroxyl groups is 1. The molecule has 3 atom stereocenters. The highest BCUT2D eigenvalue weighted by atomic mass is 16.3. The first-order valence-electron chi connectivity index (χ1n) is 4.92. The molecule has 0 aromatic heterocycles. The molecule has 0 radical (unpaired) electrons. The SMILES string of the molecule is CCC(C)/C=C/C(C)CC(C)O. The summed E-state index contributed by atoms with van der Waals surface area (Å²) in [6.07, 6.45) is 6.33. The lowest BCUT2D eigenvalue weighted by molar-refractivity contribution is 0.172. The Morgan fingerprint density at radius 2 is 1.58 bits per heavy atom. The Morgan fingerprint density at radius 1 is 1.08 bits per heavy atom. The molecule has 0 aliphatic carbocycles. The maximum absolute atomic E-state index is 9.11. The van der Waals surface area contributed by atoms with Gasteiger partial charge in [-0.2, -0.15) is 0 Å². The summed E-state index contributed by atoms with van der Waals surface area (Å²) in [6, 6.07) is 0. The predicted molar refractivity (Wildman–Crippen MR) is 54.1 cm³/mol. The van der Waals surface area contributed by atoms with E-state index >= 15 is 0 Å². The third-order valence-electron chi connectivity index (χ3n) is 2.13. The minimum absolute atomic E-state index is 0.179. The Kier molecular flexibility index (Phi) is 6.09. The first kappa shape index (κ1) is 11.7. The Balaban J connectivity index is 3.67. The van der Waals surface area contributed by atoms with Crippen molar-refractivity contribution >= 4 is 0 Å². The topological polar surface area (TPSA) is 20.2 Å². The van der Waals surface area contributed by atoms with Crippen LogP contribution >= 0.6 is 0 Å². The summed E-state index contributed by atoms with van der Waals surface area (Å²) in [5.41, 5.74) is 0. The summed E-state index contributed by atoms with van der Waals surface area (Å²) in [6.45, 7) is 8.39. The van der Waals surface area contributed by atoms with Crippen LogP contribution in [0.4, 0.5) is 0 Å². The van der Waals surface area contributed by atoms with Crippen LogP contribution in [0.5, 0.6) is 0 Å². The van der Waals surface area contributed by atoms with Crippen molar-refractivity contribution in [1.29, 1.82) is 0 Å². The number of aliphatic hydroxyl groups excluding tert-OH is 1. The first-order chi connectivity index (χ1) is 5.56. The summed E-state index contributed by atoms with van der Waals surface area (Å²) >= 11 is 0. The van der Waals surface area contributed by atoms with E-state index in [9.17, 15) is 0 Å². The molecule has 72 valence electrons. The minimum atomic E-state index is -0.179. The van der Waals surface area contributed by atoms with E-state index in [-0.39, 0.29) is 6.10 Å². The van der Waals surface area contributed by atoms with Gasteiger partial charge < -0.3 is 5.11 Å². The van der Waals surface area contributed by atoms with Gasteiger partial charge in [-0.1, -0.05) is 39.3 Å². The molecule has 0 fully saturated rings. The van der Waals surface area contributed by atoms with Crippen molar-refractivity contribution in [2.24, 2.45) is 11.8 Å². The Labute approximate surface area is 76.5 Å². The third kappa shape index (κ3) is 6.41. The van der Waals surface area contributed by atoms with Crippen molar-refractivity contribution < 1.29 is 5.11 Å². The van der Waals surface area contributed by atoms with Gasteiger partial charge in [-0.25, -0.2) is 0 Å². The van der Waals surface area contributed by atoms with Crippen molar-refractivity contribution in [3.63, 3.8) is 0 Å². The predicted octanol–water partition coefficient (Wildman–Crippen LogP) is 3.00. The van der Waals surface area contributed by atoms with Gasteiger partial charge >= 0.3 is 0 Å². The third-order valence-corrected chi connectivity index (χ3v) is 2.13. The molecule has 0 saturated carbocycles. The number of hydrogen-bond acceptors (Lipinski definition) is 1. The van der Waals surface area contributed by atoms with E-state index in [2.05, 4.69) is 32.9 Å². The van der Waals surface area contributed by atoms with Crippen LogP contribution in [0.2, 0.25) is 0 Å². The highest BCUT2D eigenvalue weighted by molar-refractivity contribution is 4.90. The Hall–Kier alpha value is -0.300. The zero-order valence-electron chi connectivity index (χ0n) is 8.75. The van der Waals surface area contributed by atoms with E-state index < -0.39 is 0 Å². The fourth-order valence-corrected chi connectivity index (χ4v) is 1.13. The van der Waals surface area contributed by atoms with Crippen LogP contribution < -0.4 is 0 Å². The maximum Gasteiger partial charge on any atom is 0.0517 e. The van der Waals surface area contributed by atoms with Gasteiger partial charge in [-0.15, -0.1) is 0 Å². The van der Waals surface area contributed by atoms with E-state index in [1.54, 1.807) is 0 Å². The van der Waals surface area contributed by atoms with Crippen molar-refractivity contribution in [1.82, 2.24) is 0 Å². The number of hydrogen-bond donors (Lipinski definition) is 1. The summed E-state index contributed by atoms with van der Waals surface area (Å²) in [5.74, 6) is 1.17. The molecule has 1 nitrogen and oxygen atoms in total. The zero-order chi connectivity index (χ0) is 9.56. The molecule has 0 bridgehead atoms. The van der Waals surface area contributed by atoms with Crippen LogP contribution in [0.25, 0.3) is 0 Å². The normalized spacial score (nSPS) is 19.4. The lowest BCUT2D eigenvalue weighted by Gasteiger charge is -2.09. The average Bonchev–Trinajstić information content (AvgIpc) is 1.99. The molecule has 0 rings (SSSR count). The van der Waals surface area contributed by atoms with Crippen LogP contribution in [-0.4, -0.2) is 11.2 Å². The van der Waals surface area contributed by atoms with Gasteiger partial charge in [0.15, 0.2) is 0 Å². The average molecular weight is 170 g/mol. The fourth-order valence-electron chi connectivity index (χ4n) is 1.13. The van der Waals surface area contributed by atoms with Crippen LogP contribution in [0.3, 0.4) is 0 Å². The van der Waals surface area contributed by atoms with Gasteiger partial charge in [-0.05, 0) is 25.2 Å². The standard InChI is InChI=1S/C11H22O/c1-5-9(2)6-7-10(3)8-11(4)12/h6-7,9-12H,5,8H2,1-4H3/b7-6+. The molecule has 1 heteroatoms. The molecular formula is C11H22O. The number of rotatable bonds is 5. The number of allylic oxidation sites excluding steroid dienone is 2. The van der Waals surface area contributed by atoms with Crippen molar-refractivity contribution in [2.75, 3.05) is 0 Å². The molecule has 0 aromatic carbocycles. The molecular weight excluding hydrogens is 148 g/mol. The lowest BCUT2D eigenvalue weighted by atomic mass is 10.0. The monoisotopic (exact) mass is 170 g/mol. The highest BCUT2D eigenvalue weighted by Crippen LogP contribution is 2.10. The van der Waals surface area contributed by atoms with Gasteiger partial charge in [0.25, 0.3) is 0 Å². The van der Waals surface area contributed by atoms with Crippen LogP contribution in [-0.2, 0) is 0 Å². The summed E-state index contributed by atoms with van der Waals surface area (Å²) < 4.78 is 0. The smallest absolute Gasteiger partial charge is 0.0517 e. The Bertz CT molecular complexity index is 127. The van der Waals surface area contributed by atoms with Crippen LogP contribution in [0.1, 0.15) is 40.5 Å². The second-order valence-electron chi connectivity index (χ2n) is 3.83. The molecule has 0 aliphatic rings. The van der Waals surface area contributed by atoms with E-state index in [0.717, 1.165) is 6.42 Å². The first-order valence-corrected chi connectivity index (χ1v) is 4.92. The van der Waals surface area contributed by atoms with E-state index in [1.165, 1.54) is 6.42 Å². The van der Waals surface area contributed by atoms with Gasteiger partial charge in [0, 0.05) is 0 Å². The molecule has 0 spiro atoms. The molecule has 0 aliphatic heterocycles. The van der Waals surface area contributed by atoms with Gasteiger partial charge in [0.05, 0.1) is 6.10 Å². The summed E-state index contributed by atoms with van der Waals surface area (Å²) in [5, 5.41) is 9.11. The van der Waals surface area contributed by atoms with E-state index in [4.69, 9.17) is 5.11 Å². The lowest BCUT2D eigenvalue weighted by Crippen LogP contribution is -2.05. The molecule has 12 heavy (non-hydrogen) atoms. The zero-order valence-corrected chi connectivity index (χ0v) is 8.75. The van der Waals surface area contributed by atoms with E-state index in [0.29, 0.717) is 11.8 Å². The molecule has 0 saturated heterocycles. The summed E-state index contributed by atoms with van der Waals surface area (Å²) in [7, 11) is 0. The molecule has 3 unspecified atom stereocenters. The van der Waals surface area contributed by atoms with Gasteiger partial charge in [0.2, 0.25) is 0 Å². The second kappa shape index (κ2) is 6.24. The van der Waals surface area contributed by atoms with Crippen molar-refractivity contribution in [2.45, 2.75) is 46.6 Å². The molecule has 0 aromatic rings. The molecule has 0 heterocycles. The van der Waals surface area contributed by atoms with Gasteiger partial charge in [0.1, 0.15) is 0 Å². The van der Waals surface area contributed by atoms with E-state index in [1.807, 2.05) is 6.92 Å². The maximum atomic E-state index is 9.11. The van der Waals surface area contributed by atoms with Gasteiger partial charge in [-0.3, -0.25) is 0 Å². The van der Waals surface area contributed by atoms with Crippen molar-refractivity contribution in [3.8, 4) is 0 Å².